The first kappa shape index (κ1) is 10.9. The fourth-order valence-electron chi connectivity index (χ4n) is 0.274. The standard InChI is InChI=1S/C3H3N3O.ClH.H2O/c7-3-6-2-1-4-5-6;;/h1-3H;1H;1H2. The van der Waals surface area contributed by atoms with Crippen LogP contribution < -0.4 is 0 Å². The maximum absolute atomic E-state index is 9.73. The molecule has 0 aromatic carbocycles. The van der Waals surface area contributed by atoms with Gasteiger partial charge in [0.1, 0.15) is 0 Å². The van der Waals surface area contributed by atoms with E-state index in [1.54, 1.807) is 0 Å². The predicted molar refractivity (Wildman–Crippen MR) is 33.0 cm³/mol. The van der Waals surface area contributed by atoms with Gasteiger partial charge in [0.2, 0.25) is 6.41 Å². The molecule has 1 heterocycles. The molecule has 0 saturated heterocycles. The van der Waals surface area contributed by atoms with Crippen LogP contribution >= 0.6 is 12.4 Å². The van der Waals surface area contributed by atoms with Gasteiger partial charge in [0, 0.05) is 0 Å². The maximum Gasteiger partial charge on any atom is 0.235 e. The number of hydrogen-bond donors (Lipinski definition) is 0. The Bertz CT molecular complexity index is 152. The number of halogens is 1. The lowest BCUT2D eigenvalue weighted by atomic mass is 10.9. The van der Waals surface area contributed by atoms with E-state index >= 15 is 0 Å². The summed E-state index contributed by atoms with van der Waals surface area (Å²) < 4.78 is 1.08. The maximum atomic E-state index is 9.73. The van der Waals surface area contributed by atoms with Crippen LogP contribution in [0.25, 0.3) is 0 Å². The molecule has 0 aliphatic carbocycles. The number of nitrogens with zero attached hydrogens (tertiary/aromatic N) is 3. The molecule has 0 atom stereocenters. The summed E-state index contributed by atoms with van der Waals surface area (Å²) >= 11 is 0. The number of carbonyl (C=O) groups is 1. The van der Waals surface area contributed by atoms with E-state index in [-0.39, 0.29) is 17.9 Å². The van der Waals surface area contributed by atoms with Gasteiger partial charge in [-0.1, -0.05) is 5.21 Å². The normalized spacial score (nSPS) is 6.67. The Morgan fingerprint density at radius 3 is 2.44 bits per heavy atom. The summed E-state index contributed by atoms with van der Waals surface area (Å²) in [5.41, 5.74) is 0. The number of hydrogen-bond acceptors (Lipinski definition) is 3. The summed E-state index contributed by atoms with van der Waals surface area (Å²) in [6.45, 7) is 0. The summed E-state index contributed by atoms with van der Waals surface area (Å²) in [7, 11) is 0. The molecule has 0 unspecified atom stereocenters. The molecule has 1 rings (SSSR count). The van der Waals surface area contributed by atoms with Gasteiger partial charge in [-0.2, -0.15) is 4.68 Å². The van der Waals surface area contributed by atoms with Gasteiger partial charge < -0.3 is 5.48 Å². The van der Waals surface area contributed by atoms with Crippen molar-refractivity contribution < 1.29 is 10.3 Å². The first-order valence-corrected chi connectivity index (χ1v) is 1.74. The van der Waals surface area contributed by atoms with E-state index in [1.807, 2.05) is 0 Å². The minimum absolute atomic E-state index is 0. The van der Waals surface area contributed by atoms with Gasteiger partial charge in [-0.25, -0.2) is 0 Å². The Kier molecular flexibility index (Phi) is 6.32. The Hall–Kier alpha value is -0.940. The third kappa shape index (κ3) is 2.78. The smallest absolute Gasteiger partial charge is 0.235 e. The highest BCUT2D eigenvalue weighted by atomic mass is 35.5. The lowest BCUT2D eigenvalue weighted by Gasteiger charge is -1.73. The molecule has 0 amide bonds. The lowest BCUT2D eigenvalue weighted by molar-refractivity contribution is 0.538. The molecule has 0 aliphatic heterocycles. The van der Waals surface area contributed by atoms with E-state index in [1.165, 1.54) is 12.4 Å². The van der Waals surface area contributed by atoms with Gasteiger partial charge in [-0.3, -0.25) is 4.79 Å². The predicted octanol–water partition coefficient (Wildman–Crippen LogP) is -1.09. The van der Waals surface area contributed by atoms with Gasteiger partial charge in [-0.05, 0) is 0 Å². The van der Waals surface area contributed by atoms with Crippen LogP contribution in [0.15, 0.2) is 12.4 Å². The summed E-state index contributed by atoms with van der Waals surface area (Å²) in [5, 5.41) is 6.71. The molecule has 0 radical (unpaired) electrons. The fraction of sp³-hybridized carbons (Fsp3) is 0. The second kappa shape index (κ2) is 5.20. The molecule has 1 aromatic rings. The molecule has 0 spiro atoms. The van der Waals surface area contributed by atoms with Crippen molar-refractivity contribution in [1.82, 2.24) is 15.0 Å². The topological polar surface area (TPSA) is 79.3 Å². The highest BCUT2D eigenvalue weighted by molar-refractivity contribution is 5.85. The average Bonchev–Trinajstić information content (AvgIpc) is 2.14. The highest BCUT2D eigenvalue weighted by Crippen LogP contribution is 1.67. The Labute approximate surface area is 57.4 Å². The fourth-order valence-corrected chi connectivity index (χ4v) is 0.274. The van der Waals surface area contributed by atoms with Crippen molar-refractivity contribution in [1.29, 1.82) is 0 Å². The molecule has 0 saturated carbocycles. The van der Waals surface area contributed by atoms with Crippen molar-refractivity contribution in [3.8, 4) is 0 Å². The van der Waals surface area contributed by atoms with Crippen LogP contribution in [0, 0.1) is 0 Å². The minimum atomic E-state index is 0. The van der Waals surface area contributed by atoms with Crippen molar-refractivity contribution in [3.05, 3.63) is 12.4 Å². The first-order chi connectivity index (χ1) is 3.43. The third-order valence-corrected chi connectivity index (χ3v) is 0.549. The highest BCUT2D eigenvalue weighted by Gasteiger charge is 1.78. The van der Waals surface area contributed by atoms with Crippen LogP contribution in [0.4, 0.5) is 0 Å². The molecule has 6 heteroatoms. The minimum Gasteiger partial charge on any atom is -0.412 e. The number of aromatic nitrogens is 3. The largest absolute Gasteiger partial charge is 0.412 e. The number of rotatable bonds is 1. The summed E-state index contributed by atoms with van der Waals surface area (Å²) in [5.74, 6) is 0. The molecule has 9 heavy (non-hydrogen) atoms. The van der Waals surface area contributed by atoms with Crippen molar-refractivity contribution in [2.45, 2.75) is 0 Å². The molecule has 0 aliphatic rings. The van der Waals surface area contributed by atoms with Crippen LogP contribution in [0.5, 0.6) is 0 Å². The van der Waals surface area contributed by atoms with E-state index in [0.717, 1.165) is 4.68 Å². The lowest BCUT2D eigenvalue weighted by Crippen LogP contribution is -1.93. The molecular weight excluding hydrogens is 146 g/mol. The molecule has 5 nitrogen and oxygen atoms in total. The molecule has 2 N–H and O–H groups in total. The van der Waals surface area contributed by atoms with Gasteiger partial charge in [-0.15, -0.1) is 17.5 Å². The van der Waals surface area contributed by atoms with E-state index in [4.69, 9.17) is 0 Å². The monoisotopic (exact) mass is 151 g/mol. The Morgan fingerprint density at radius 1 is 1.56 bits per heavy atom. The first-order valence-electron chi connectivity index (χ1n) is 1.74. The average molecular weight is 152 g/mol. The second-order valence-corrected chi connectivity index (χ2v) is 0.988. The summed E-state index contributed by atoms with van der Waals surface area (Å²) in [6.07, 6.45) is 3.48. The Morgan fingerprint density at radius 2 is 2.22 bits per heavy atom. The molecule has 52 valence electrons. The van der Waals surface area contributed by atoms with Crippen molar-refractivity contribution >= 4 is 18.8 Å². The van der Waals surface area contributed by atoms with Gasteiger partial charge in [0.25, 0.3) is 0 Å². The third-order valence-electron chi connectivity index (χ3n) is 0.549. The Balaban J connectivity index is 0. The zero-order chi connectivity index (χ0) is 5.11. The van der Waals surface area contributed by atoms with E-state index in [2.05, 4.69) is 10.3 Å². The molecular formula is C3H6ClN3O2. The van der Waals surface area contributed by atoms with Gasteiger partial charge in [0.15, 0.2) is 0 Å². The van der Waals surface area contributed by atoms with Crippen LogP contribution in [0.2, 0.25) is 0 Å². The molecule has 0 fully saturated rings. The van der Waals surface area contributed by atoms with Crippen molar-refractivity contribution in [2.24, 2.45) is 0 Å². The van der Waals surface area contributed by atoms with E-state index < -0.39 is 0 Å². The SMILES string of the molecule is Cl.O.O=Cn1ccnn1. The van der Waals surface area contributed by atoms with Gasteiger partial charge in [0.05, 0.1) is 12.4 Å². The zero-order valence-corrected chi connectivity index (χ0v) is 5.21. The van der Waals surface area contributed by atoms with E-state index in [9.17, 15) is 4.79 Å². The summed E-state index contributed by atoms with van der Waals surface area (Å²) in [6, 6.07) is 0. The van der Waals surface area contributed by atoms with Crippen molar-refractivity contribution in [2.75, 3.05) is 0 Å². The van der Waals surface area contributed by atoms with Crippen LogP contribution in [-0.2, 0) is 4.79 Å². The van der Waals surface area contributed by atoms with Gasteiger partial charge >= 0.3 is 0 Å². The molecule has 0 bridgehead atoms. The summed E-state index contributed by atoms with van der Waals surface area (Å²) in [4.78, 5) is 9.73. The quantitative estimate of drug-likeness (QED) is 0.479. The second-order valence-electron chi connectivity index (χ2n) is 0.988. The van der Waals surface area contributed by atoms with Crippen LogP contribution in [0.1, 0.15) is 0 Å². The zero-order valence-electron chi connectivity index (χ0n) is 4.39. The molecule has 1 aromatic heterocycles. The number of carbonyl (C=O) groups excluding carboxylic acids is 1. The van der Waals surface area contributed by atoms with Crippen molar-refractivity contribution in [3.63, 3.8) is 0 Å². The van der Waals surface area contributed by atoms with Crippen LogP contribution in [0.3, 0.4) is 0 Å². The van der Waals surface area contributed by atoms with E-state index in [0.29, 0.717) is 6.41 Å². The van der Waals surface area contributed by atoms with Crippen LogP contribution in [-0.4, -0.2) is 26.9 Å².